The topological polar surface area (TPSA) is 67.4 Å². The number of hydrogen-bond donors (Lipinski definition) is 2. The van der Waals surface area contributed by atoms with Crippen molar-refractivity contribution in [2.24, 2.45) is 0 Å². The number of carbonyl (C=O) groups excluding carboxylic acids is 2. The standard InChI is InChI=1S/C22H17ClN2O3/c23-15-11-9-14(10-12-15)13-20(26)24-25-22(27)21-16-5-1-3-7-18(16)28-19-8-4-2-6-17(19)21/h1-12,21H,13H2,(H,24,26)(H,25,27). The van der Waals surface area contributed by atoms with E-state index in [0.29, 0.717) is 16.5 Å². The third kappa shape index (κ3) is 3.70. The molecule has 0 aliphatic carbocycles. The Balaban J connectivity index is 1.49. The summed E-state index contributed by atoms with van der Waals surface area (Å²) in [5.41, 5.74) is 7.35. The van der Waals surface area contributed by atoms with E-state index in [1.807, 2.05) is 48.5 Å². The Hall–Kier alpha value is -3.31. The van der Waals surface area contributed by atoms with Crippen LogP contribution in [0.25, 0.3) is 0 Å². The van der Waals surface area contributed by atoms with Crippen molar-refractivity contribution in [1.29, 1.82) is 0 Å². The van der Waals surface area contributed by atoms with E-state index in [1.165, 1.54) is 0 Å². The first-order valence-electron chi connectivity index (χ1n) is 8.80. The number of rotatable bonds is 3. The van der Waals surface area contributed by atoms with Crippen molar-refractivity contribution in [2.75, 3.05) is 0 Å². The van der Waals surface area contributed by atoms with Crippen molar-refractivity contribution in [3.63, 3.8) is 0 Å². The fraction of sp³-hybridized carbons (Fsp3) is 0.0909. The largest absolute Gasteiger partial charge is 0.457 e. The Morgan fingerprint density at radius 3 is 2.00 bits per heavy atom. The van der Waals surface area contributed by atoms with Gasteiger partial charge in [-0.1, -0.05) is 60.1 Å². The van der Waals surface area contributed by atoms with Gasteiger partial charge in [0.15, 0.2) is 0 Å². The Morgan fingerprint density at radius 1 is 0.821 bits per heavy atom. The van der Waals surface area contributed by atoms with Crippen LogP contribution in [0.1, 0.15) is 22.6 Å². The van der Waals surface area contributed by atoms with Crippen LogP contribution in [0.15, 0.2) is 72.8 Å². The first-order valence-corrected chi connectivity index (χ1v) is 9.18. The molecule has 3 aromatic carbocycles. The van der Waals surface area contributed by atoms with Crippen LogP contribution in [0.5, 0.6) is 11.5 Å². The summed E-state index contributed by atoms with van der Waals surface area (Å²) in [6.45, 7) is 0. The third-order valence-electron chi connectivity index (χ3n) is 4.55. The first kappa shape index (κ1) is 18.1. The molecule has 0 fully saturated rings. The van der Waals surface area contributed by atoms with Gasteiger partial charge in [-0.3, -0.25) is 20.4 Å². The molecule has 140 valence electrons. The Bertz CT molecular complexity index is 988. The summed E-state index contributed by atoms with van der Waals surface area (Å²) >= 11 is 5.85. The fourth-order valence-corrected chi connectivity index (χ4v) is 3.35. The Labute approximate surface area is 167 Å². The Morgan fingerprint density at radius 2 is 1.39 bits per heavy atom. The number of carbonyl (C=O) groups is 2. The number of amides is 2. The maximum atomic E-state index is 12.9. The molecule has 1 heterocycles. The molecule has 28 heavy (non-hydrogen) atoms. The monoisotopic (exact) mass is 392 g/mol. The van der Waals surface area contributed by atoms with Gasteiger partial charge in [-0.25, -0.2) is 0 Å². The molecule has 3 aromatic rings. The summed E-state index contributed by atoms with van der Waals surface area (Å²) in [5, 5.41) is 0.606. The number of fused-ring (bicyclic) bond motifs is 2. The van der Waals surface area contributed by atoms with Crippen LogP contribution in [-0.2, 0) is 16.0 Å². The molecular formula is C22H17ClN2O3. The van der Waals surface area contributed by atoms with Gasteiger partial charge in [0.1, 0.15) is 11.5 Å². The van der Waals surface area contributed by atoms with E-state index in [2.05, 4.69) is 10.9 Å². The van der Waals surface area contributed by atoms with Gasteiger partial charge in [-0.2, -0.15) is 0 Å². The maximum Gasteiger partial charge on any atom is 0.250 e. The average molecular weight is 393 g/mol. The molecule has 0 aromatic heterocycles. The summed E-state index contributed by atoms with van der Waals surface area (Å²) in [6, 6.07) is 21.8. The van der Waals surface area contributed by atoms with Gasteiger partial charge in [0.05, 0.1) is 12.3 Å². The third-order valence-corrected chi connectivity index (χ3v) is 4.80. The summed E-state index contributed by atoms with van der Waals surface area (Å²) in [6.07, 6.45) is 0.137. The molecule has 0 saturated heterocycles. The van der Waals surface area contributed by atoms with Crippen molar-refractivity contribution in [2.45, 2.75) is 12.3 Å². The minimum Gasteiger partial charge on any atom is -0.457 e. The molecule has 0 radical (unpaired) electrons. The molecule has 1 aliphatic rings. The minimum absolute atomic E-state index is 0.137. The van der Waals surface area contributed by atoms with Crippen LogP contribution in [0.3, 0.4) is 0 Å². The van der Waals surface area contributed by atoms with E-state index in [1.54, 1.807) is 24.3 Å². The normalized spacial score (nSPS) is 12.3. The smallest absolute Gasteiger partial charge is 0.250 e. The second-order valence-corrected chi connectivity index (χ2v) is 6.89. The van der Waals surface area contributed by atoms with Crippen molar-refractivity contribution >= 4 is 23.4 Å². The highest BCUT2D eigenvalue weighted by atomic mass is 35.5. The molecule has 2 amide bonds. The second kappa shape index (κ2) is 7.74. The maximum absolute atomic E-state index is 12.9. The van der Waals surface area contributed by atoms with Gasteiger partial charge >= 0.3 is 0 Å². The summed E-state index contributed by atoms with van der Waals surface area (Å²) in [5.74, 6) is 0.0524. The van der Waals surface area contributed by atoms with Crippen LogP contribution in [0, 0.1) is 0 Å². The van der Waals surface area contributed by atoms with Gasteiger partial charge in [0, 0.05) is 16.1 Å². The van der Waals surface area contributed by atoms with E-state index in [-0.39, 0.29) is 18.2 Å². The molecule has 1 aliphatic heterocycles. The number of nitrogens with one attached hydrogen (secondary N) is 2. The van der Waals surface area contributed by atoms with E-state index < -0.39 is 5.92 Å². The summed E-state index contributed by atoms with van der Waals surface area (Å²) in [4.78, 5) is 25.1. The molecular weight excluding hydrogens is 376 g/mol. The highest BCUT2D eigenvalue weighted by Gasteiger charge is 2.32. The molecule has 6 heteroatoms. The number of benzene rings is 3. The summed E-state index contributed by atoms with van der Waals surface area (Å²) in [7, 11) is 0. The number of hydrogen-bond acceptors (Lipinski definition) is 3. The van der Waals surface area contributed by atoms with Crippen LogP contribution < -0.4 is 15.6 Å². The zero-order valence-electron chi connectivity index (χ0n) is 14.8. The van der Waals surface area contributed by atoms with Gasteiger partial charge < -0.3 is 4.74 Å². The number of ether oxygens (including phenoxy) is 1. The van der Waals surface area contributed by atoms with Crippen molar-refractivity contribution in [1.82, 2.24) is 10.9 Å². The van der Waals surface area contributed by atoms with Crippen LogP contribution >= 0.6 is 11.6 Å². The highest BCUT2D eigenvalue weighted by Crippen LogP contribution is 2.43. The van der Waals surface area contributed by atoms with Crippen molar-refractivity contribution in [3.8, 4) is 11.5 Å². The number of halogens is 1. The molecule has 0 atom stereocenters. The van der Waals surface area contributed by atoms with E-state index >= 15 is 0 Å². The number of hydrazine groups is 1. The average Bonchev–Trinajstić information content (AvgIpc) is 2.72. The molecule has 4 rings (SSSR count). The fourth-order valence-electron chi connectivity index (χ4n) is 3.23. The lowest BCUT2D eigenvalue weighted by atomic mass is 9.87. The zero-order chi connectivity index (χ0) is 19.5. The minimum atomic E-state index is -0.572. The van der Waals surface area contributed by atoms with Crippen molar-refractivity contribution in [3.05, 3.63) is 94.5 Å². The lowest BCUT2D eigenvalue weighted by Gasteiger charge is -2.27. The predicted molar refractivity (Wildman–Crippen MR) is 106 cm³/mol. The first-order chi connectivity index (χ1) is 13.6. The molecule has 0 unspecified atom stereocenters. The number of para-hydroxylation sites is 2. The molecule has 0 bridgehead atoms. The lowest BCUT2D eigenvalue weighted by Crippen LogP contribution is -2.45. The second-order valence-electron chi connectivity index (χ2n) is 6.45. The molecule has 2 N–H and O–H groups in total. The van der Waals surface area contributed by atoms with Crippen LogP contribution in [-0.4, -0.2) is 11.8 Å². The predicted octanol–water partition coefficient (Wildman–Crippen LogP) is 3.97. The van der Waals surface area contributed by atoms with Crippen LogP contribution in [0.2, 0.25) is 5.02 Å². The Kier molecular flexibility index (Phi) is 5.00. The van der Waals surface area contributed by atoms with E-state index in [4.69, 9.17) is 16.3 Å². The lowest BCUT2D eigenvalue weighted by molar-refractivity contribution is -0.129. The van der Waals surface area contributed by atoms with Gasteiger partial charge in [-0.05, 0) is 29.8 Å². The van der Waals surface area contributed by atoms with Gasteiger partial charge in [0.2, 0.25) is 5.91 Å². The quantitative estimate of drug-likeness (QED) is 0.663. The van der Waals surface area contributed by atoms with E-state index in [9.17, 15) is 9.59 Å². The molecule has 5 nitrogen and oxygen atoms in total. The SMILES string of the molecule is O=C(Cc1ccc(Cl)cc1)NNC(=O)C1c2ccccc2Oc2ccccc21. The zero-order valence-corrected chi connectivity index (χ0v) is 15.6. The van der Waals surface area contributed by atoms with E-state index in [0.717, 1.165) is 16.7 Å². The highest BCUT2D eigenvalue weighted by molar-refractivity contribution is 6.30. The van der Waals surface area contributed by atoms with Crippen LogP contribution in [0.4, 0.5) is 0 Å². The van der Waals surface area contributed by atoms with Crippen molar-refractivity contribution < 1.29 is 14.3 Å². The molecule has 0 saturated carbocycles. The summed E-state index contributed by atoms with van der Waals surface area (Å²) < 4.78 is 5.89. The van der Waals surface area contributed by atoms with Gasteiger partial charge in [0.25, 0.3) is 5.91 Å². The molecule has 0 spiro atoms. The van der Waals surface area contributed by atoms with Gasteiger partial charge in [-0.15, -0.1) is 0 Å².